The summed E-state index contributed by atoms with van der Waals surface area (Å²) in [5.41, 5.74) is 4.94. The zero-order valence-electron chi connectivity index (χ0n) is 9.15. The molecule has 0 aliphatic carbocycles. The van der Waals surface area contributed by atoms with E-state index in [1.165, 1.54) is 0 Å². The van der Waals surface area contributed by atoms with Crippen LogP contribution >= 0.6 is 31.9 Å². The predicted octanol–water partition coefficient (Wildman–Crippen LogP) is 2.86. The fraction of sp³-hybridized carbons (Fsp3) is 0.400. The van der Waals surface area contributed by atoms with Crippen LogP contribution in [0.25, 0.3) is 0 Å². The fourth-order valence-corrected chi connectivity index (χ4v) is 2.18. The largest absolute Gasteiger partial charge is 0.473 e. The van der Waals surface area contributed by atoms with E-state index in [4.69, 9.17) is 15.2 Å². The molecule has 0 saturated heterocycles. The van der Waals surface area contributed by atoms with Gasteiger partial charge in [0.05, 0.1) is 4.47 Å². The molecule has 0 saturated carbocycles. The minimum absolute atomic E-state index is 0.215. The molecular weight excluding hydrogens is 356 g/mol. The van der Waals surface area contributed by atoms with Crippen LogP contribution in [0.15, 0.2) is 21.2 Å². The first-order chi connectivity index (χ1) is 8.02. The van der Waals surface area contributed by atoms with Crippen molar-refractivity contribution in [1.82, 2.24) is 4.98 Å². The molecule has 0 aliphatic rings. The van der Waals surface area contributed by atoms with Crippen LogP contribution in [-0.2, 0) is 4.74 Å². The van der Waals surface area contributed by atoms with E-state index in [1.54, 1.807) is 6.20 Å². The van der Waals surface area contributed by atoms with Crippen molar-refractivity contribution < 1.29 is 14.3 Å². The summed E-state index contributed by atoms with van der Waals surface area (Å²) in [5.74, 6) is 0.444. The Morgan fingerprint density at radius 2 is 2.29 bits per heavy atom. The zero-order valence-corrected chi connectivity index (χ0v) is 12.3. The normalized spacial score (nSPS) is 11.9. The Morgan fingerprint density at radius 3 is 2.82 bits per heavy atom. The van der Waals surface area contributed by atoms with Gasteiger partial charge in [-0.1, -0.05) is 6.92 Å². The second kappa shape index (κ2) is 6.80. The number of rotatable bonds is 5. The van der Waals surface area contributed by atoms with Crippen molar-refractivity contribution in [3.63, 3.8) is 0 Å². The van der Waals surface area contributed by atoms with Crippen LogP contribution in [0, 0.1) is 0 Å². The number of aromatic nitrogens is 1. The lowest BCUT2D eigenvalue weighted by Crippen LogP contribution is -2.27. The number of hydrogen-bond donors (Lipinski definition) is 1. The van der Waals surface area contributed by atoms with Crippen molar-refractivity contribution in [2.24, 2.45) is 5.73 Å². The molecule has 0 aromatic carbocycles. The highest BCUT2D eigenvalue weighted by Gasteiger charge is 2.12. The topological polar surface area (TPSA) is 74.4 Å². The summed E-state index contributed by atoms with van der Waals surface area (Å²) in [5, 5.41) is 0. The maximum absolute atomic E-state index is 10.6. The van der Waals surface area contributed by atoms with Crippen molar-refractivity contribution in [3.8, 4) is 5.88 Å². The lowest BCUT2D eigenvalue weighted by molar-refractivity contribution is 0.0677. The van der Waals surface area contributed by atoms with Gasteiger partial charge in [-0.25, -0.2) is 9.78 Å². The smallest absolute Gasteiger partial charge is 0.404 e. The van der Waals surface area contributed by atoms with E-state index in [1.807, 2.05) is 13.0 Å². The number of carbonyl (C=O) groups excluding carboxylic acids is 1. The third-order valence-corrected chi connectivity index (χ3v) is 2.92. The van der Waals surface area contributed by atoms with Gasteiger partial charge in [-0.05, 0) is 44.3 Å². The van der Waals surface area contributed by atoms with E-state index in [9.17, 15) is 4.79 Å². The summed E-state index contributed by atoms with van der Waals surface area (Å²) in [6.07, 6.45) is 1.07. The van der Waals surface area contributed by atoms with Gasteiger partial charge in [0.2, 0.25) is 5.88 Å². The van der Waals surface area contributed by atoms with Crippen LogP contribution in [0.1, 0.15) is 13.3 Å². The molecule has 0 unspecified atom stereocenters. The number of hydrogen-bond acceptors (Lipinski definition) is 4. The minimum Gasteiger partial charge on any atom is -0.473 e. The number of nitrogens with two attached hydrogens (primary N) is 1. The minimum atomic E-state index is -0.803. The SMILES string of the molecule is CC[C@@H](COc1ncc(Br)cc1Br)OC(N)=O. The Balaban J connectivity index is 2.56. The molecular formula is C10H12Br2N2O3. The lowest BCUT2D eigenvalue weighted by Gasteiger charge is -2.15. The number of amides is 1. The number of primary amides is 1. The molecule has 1 atom stereocenters. The average Bonchev–Trinajstić information content (AvgIpc) is 2.25. The Kier molecular flexibility index (Phi) is 5.70. The van der Waals surface area contributed by atoms with Gasteiger partial charge in [-0.3, -0.25) is 0 Å². The van der Waals surface area contributed by atoms with E-state index >= 15 is 0 Å². The highest BCUT2D eigenvalue weighted by molar-refractivity contribution is 9.11. The van der Waals surface area contributed by atoms with Crippen LogP contribution < -0.4 is 10.5 Å². The van der Waals surface area contributed by atoms with Crippen LogP contribution in [0.2, 0.25) is 0 Å². The number of carbonyl (C=O) groups is 1. The summed E-state index contributed by atoms with van der Waals surface area (Å²) in [7, 11) is 0. The standard InChI is InChI=1S/C10H12Br2N2O3/c1-2-7(17-10(13)15)5-16-9-8(12)3-6(11)4-14-9/h3-4,7H,2,5H2,1H3,(H2,13,15)/t7-/m0/s1. The third kappa shape index (κ3) is 4.91. The summed E-state index contributed by atoms with van der Waals surface area (Å²) in [6.45, 7) is 2.09. The summed E-state index contributed by atoms with van der Waals surface area (Å²) in [4.78, 5) is 14.7. The molecule has 1 aromatic rings. The van der Waals surface area contributed by atoms with Gasteiger partial charge in [0.1, 0.15) is 12.7 Å². The molecule has 7 heteroatoms. The van der Waals surface area contributed by atoms with Crippen molar-refractivity contribution >= 4 is 38.0 Å². The molecule has 1 heterocycles. The monoisotopic (exact) mass is 366 g/mol. The molecule has 17 heavy (non-hydrogen) atoms. The van der Waals surface area contributed by atoms with Crippen molar-refractivity contribution in [3.05, 3.63) is 21.2 Å². The Labute approximate surface area is 116 Å². The van der Waals surface area contributed by atoms with Crippen molar-refractivity contribution in [2.45, 2.75) is 19.4 Å². The Bertz CT molecular complexity index is 401. The van der Waals surface area contributed by atoms with Crippen LogP contribution in [0.4, 0.5) is 4.79 Å². The summed E-state index contributed by atoms with van der Waals surface area (Å²) < 4.78 is 11.8. The third-order valence-electron chi connectivity index (χ3n) is 1.92. The van der Waals surface area contributed by atoms with Gasteiger partial charge in [0.25, 0.3) is 0 Å². The van der Waals surface area contributed by atoms with Crippen molar-refractivity contribution in [1.29, 1.82) is 0 Å². The average molecular weight is 368 g/mol. The molecule has 1 amide bonds. The van der Waals surface area contributed by atoms with Gasteiger partial charge >= 0.3 is 6.09 Å². The second-order valence-electron chi connectivity index (χ2n) is 3.22. The molecule has 0 fully saturated rings. The Morgan fingerprint density at radius 1 is 1.59 bits per heavy atom. The molecule has 94 valence electrons. The number of ether oxygens (including phenoxy) is 2. The van der Waals surface area contributed by atoms with Gasteiger partial charge in [-0.2, -0.15) is 0 Å². The maximum Gasteiger partial charge on any atom is 0.404 e. The van der Waals surface area contributed by atoms with E-state index in [0.29, 0.717) is 12.3 Å². The van der Waals surface area contributed by atoms with E-state index in [0.717, 1.165) is 8.95 Å². The first kappa shape index (κ1) is 14.2. The number of halogens is 2. The quantitative estimate of drug-likeness (QED) is 0.868. The predicted molar refractivity (Wildman–Crippen MR) is 69.9 cm³/mol. The van der Waals surface area contributed by atoms with Gasteiger partial charge in [-0.15, -0.1) is 0 Å². The zero-order chi connectivity index (χ0) is 12.8. The van der Waals surface area contributed by atoms with Crippen LogP contribution in [0.5, 0.6) is 5.88 Å². The summed E-state index contributed by atoms with van der Waals surface area (Å²) >= 11 is 6.61. The Hall–Kier alpha value is -0.820. The molecule has 0 radical (unpaired) electrons. The molecule has 1 rings (SSSR count). The molecule has 0 aliphatic heterocycles. The molecule has 0 spiro atoms. The van der Waals surface area contributed by atoms with Gasteiger partial charge in [0.15, 0.2) is 0 Å². The maximum atomic E-state index is 10.6. The summed E-state index contributed by atoms with van der Waals surface area (Å²) in [6, 6.07) is 1.82. The molecule has 5 nitrogen and oxygen atoms in total. The lowest BCUT2D eigenvalue weighted by atomic mass is 10.3. The van der Waals surface area contributed by atoms with E-state index < -0.39 is 6.09 Å². The molecule has 1 aromatic heterocycles. The van der Waals surface area contributed by atoms with E-state index in [-0.39, 0.29) is 12.7 Å². The second-order valence-corrected chi connectivity index (χ2v) is 4.99. The van der Waals surface area contributed by atoms with Gasteiger partial charge < -0.3 is 15.2 Å². The molecule has 0 bridgehead atoms. The van der Waals surface area contributed by atoms with Crippen molar-refractivity contribution in [2.75, 3.05) is 6.61 Å². The van der Waals surface area contributed by atoms with E-state index in [2.05, 4.69) is 36.8 Å². The fourth-order valence-electron chi connectivity index (χ4n) is 1.08. The van der Waals surface area contributed by atoms with Crippen LogP contribution in [-0.4, -0.2) is 23.8 Å². The highest BCUT2D eigenvalue weighted by atomic mass is 79.9. The first-order valence-electron chi connectivity index (χ1n) is 4.92. The number of nitrogens with zero attached hydrogens (tertiary/aromatic N) is 1. The molecule has 2 N–H and O–H groups in total. The van der Waals surface area contributed by atoms with Crippen LogP contribution in [0.3, 0.4) is 0 Å². The number of pyridine rings is 1. The van der Waals surface area contributed by atoms with Gasteiger partial charge in [0, 0.05) is 10.7 Å². The first-order valence-corrected chi connectivity index (χ1v) is 6.51. The highest BCUT2D eigenvalue weighted by Crippen LogP contribution is 2.25.